The molecular formula is C11H7Cl3F3N5OS. The van der Waals surface area contributed by atoms with Crippen molar-refractivity contribution in [2.45, 2.75) is 11.3 Å². The van der Waals surface area contributed by atoms with Crippen molar-refractivity contribution in [3.8, 4) is 0 Å². The number of rotatable bonds is 4. The molecule has 0 aliphatic carbocycles. The maximum atomic E-state index is 12.5. The van der Waals surface area contributed by atoms with Gasteiger partial charge in [0.2, 0.25) is 11.1 Å². The maximum Gasteiger partial charge on any atom is 0.453 e. The fourth-order valence-corrected chi connectivity index (χ4v) is 2.75. The molecule has 3 N–H and O–H groups in total. The van der Waals surface area contributed by atoms with Crippen LogP contribution in [0.25, 0.3) is 0 Å². The third-order valence-corrected chi connectivity index (χ3v) is 4.51. The lowest BCUT2D eigenvalue weighted by Crippen LogP contribution is -2.22. The van der Waals surface area contributed by atoms with Gasteiger partial charge in [-0.1, -0.05) is 46.6 Å². The molecule has 0 atom stereocenters. The van der Waals surface area contributed by atoms with E-state index in [1.807, 2.05) is 0 Å². The molecule has 0 bridgehead atoms. The van der Waals surface area contributed by atoms with Gasteiger partial charge in [0.05, 0.1) is 26.5 Å². The van der Waals surface area contributed by atoms with Gasteiger partial charge in [-0.2, -0.15) is 13.2 Å². The lowest BCUT2D eigenvalue weighted by atomic mass is 10.3. The molecule has 2 rings (SSSR count). The Balaban J connectivity index is 2.02. The molecule has 1 heterocycles. The topological polar surface area (TPSA) is 85.8 Å². The molecule has 1 amide bonds. The average molecular weight is 421 g/mol. The molecule has 0 saturated carbocycles. The number of alkyl halides is 3. The highest BCUT2D eigenvalue weighted by Gasteiger charge is 2.38. The van der Waals surface area contributed by atoms with Crippen molar-refractivity contribution in [1.82, 2.24) is 14.9 Å². The minimum atomic E-state index is -4.74. The summed E-state index contributed by atoms with van der Waals surface area (Å²) >= 11 is 18.2. The first-order valence-corrected chi connectivity index (χ1v) is 8.06. The normalized spacial score (nSPS) is 11.6. The van der Waals surface area contributed by atoms with Crippen LogP contribution < -0.4 is 11.2 Å². The second-order valence-electron chi connectivity index (χ2n) is 4.26. The van der Waals surface area contributed by atoms with Gasteiger partial charge in [-0.15, -0.1) is 10.2 Å². The van der Waals surface area contributed by atoms with Crippen LogP contribution in [-0.4, -0.2) is 26.5 Å². The summed E-state index contributed by atoms with van der Waals surface area (Å²) in [5, 5.41) is 8.97. The lowest BCUT2D eigenvalue weighted by Gasteiger charge is -2.09. The number of hydrogen-bond acceptors (Lipinski definition) is 5. The Morgan fingerprint density at radius 2 is 1.83 bits per heavy atom. The van der Waals surface area contributed by atoms with E-state index < -0.39 is 17.9 Å². The van der Waals surface area contributed by atoms with Crippen LogP contribution >= 0.6 is 46.6 Å². The van der Waals surface area contributed by atoms with E-state index in [2.05, 4.69) is 15.5 Å². The zero-order valence-electron chi connectivity index (χ0n) is 11.4. The molecule has 1 aromatic heterocycles. The Bertz CT molecular complexity index is 783. The fraction of sp³-hybridized carbons (Fsp3) is 0.182. The van der Waals surface area contributed by atoms with Gasteiger partial charge in [-0.25, -0.2) is 4.68 Å². The Morgan fingerprint density at radius 3 is 2.42 bits per heavy atom. The summed E-state index contributed by atoms with van der Waals surface area (Å²) < 4.78 is 37.9. The summed E-state index contributed by atoms with van der Waals surface area (Å²) in [5.74, 6) is 3.06. The molecule has 0 saturated heterocycles. The number of halogens is 6. The number of amides is 1. The second-order valence-corrected chi connectivity index (χ2v) is 6.42. The van der Waals surface area contributed by atoms with E-state index in [-0.39, 0.29) is 36.3 Å². The summed E-state index contributed by atoms with van der Waals surface area (Å²) in [5.41, 5.74) is 0.210. The molecule has 13 heteroatoms. The molecule has 0 unspecified atom stereocenters. The number of benzene rings is 1. The number of aromatic nitrogens is 3. The van der Waals surface area contributed by atoms with Crippen LogP contribution in [0, 0.1) is 0 Å². The van der Waals surface area contributed by atoms with Crippen molar-refractivity contribution in [3.63, 3.8) is 0 Å². The van der Waals surface area contributed by atoms with E-state index in [0.717, 1.165) is 0 Å². The smallest absolute Gasteiger partial charge is 0.335 e. The summed E-state index contributed by atoms with van der Waals surface area (Å²) in [6.45, 7) is 0. The summed E-state index contributed by atoms with van der Waals surface area (Å²) in [6.07, 6.45) is -4.74. The molecule has 6 nitrogen and oxygen atoms in total. The highest BCUT2D eigenvalue weighted by Crippen LogP contribution is 2.32. The van der Waals surface area contributed by atoms with Gasteiger partial charge in [0.15, 0.2) is 0 Å². The van der Waals surface area contributed by atoms with E-state index in [4.69, 9.17) is 40.6 Å². The van der Waals surface area contributed by atoms with Crippen LogP contribution in [0.1, 0.15) is 5.82 Å². The average Bonchev–Trinajstić information content (AvgIpc) is 2.83. The molecule has 24 heavy (non-hydrogen) atoms. The van der Waals surface area contributed by atoms with Crippen LogP contribution in [0.2, 0.25) is 15.1 Å². The van der Waals surface area contributed by atoms with Gasteiger partial charge < -0.3 is 11.2 Å². The van der Waals surface area contributed by atoms with E-state index in [9.17, 15) is 18.0 Å². The quantitative estimate of drug-likeness (QED) is 0.447. The van der Waals surface area contributed by atoms with Crippen molar-refractivity contribution in [2.75, 3.05) is 16.9 Å². The summed E-state index contributed by atoms with van der Waals surface area (Å²) in [7, 11) is 0. The minimum Gasteiger partial charge on any atom is -0.335 e. The Kier molecular flexibility index (Phi) is 5.74. The Labute approximate surface area is 152 Å². The zero-order chi connectivity index (χ0) is 18.1. The number of nitrogens with one attached hydrogen (secondary N) is 1. The largest absolute Gasteiger partial charge is 0.453 e. The van der Waals surface area contributed by atoms with Crippen molar-refractivity contribution >= 4 is 58.2 Å². The van der Waals surface area contributed by atoms with Crippen LogP contribution in [0.3, 0.4) is 0 Å². The SMILES string of the molecule is Nn1c(SCC(=O)Nc2cc(Cl)c(Cl)cc2Cl)nnc1C(F)(F)F. The predicted molar refractivity (Wildman–Crippen MR) is 86.0 cm³/mol. The van der Waals surface area contributed by atoms with Gasteiger partial charge in [0.1, 0.15) is 0 Å². The van der Waals surface area contributed by atoms with Crippen LogP contribution in [0.5, 0.6) is 0 Å². The van der Waals surface area contributed by atoms with Crippen LogP contribution in [0.15, 0.2) is 17.3 Å². The van der Waals surface area contributed by atoms with E-state index >= 15 is 0 Å². The number of hydrogen-bond donors (Lipinski definition) is 2. The number of nitrogen functional groups attached to an aromatic ring is 1. The summed E-state index contributed by atoms with van der Waals surface area (Å²) in [6, 6.07) is 2.70. The van der Waals surface area contributed by atoms with Gasteiger partial charge in [0.25, 0.3) is 5.82 Å². The summed E-state index contributed by atoms with van der Waals surface area (Å²) in [4.78, 5) is 11.9. The highest BCUT2D eigenvalue weighted by atomic mass is 35.5. The first-order valence-electron chi connectivity index (χ1n) is 5.94. The first kappa shape index (κ1) is 19.0. The van der Waals surface area contributed by atoms with Gasteiger partial charge in [0, 0.05) is 0 Å². The number of nitrogens with two attached hydrogens (primary N) is 1. The van der Waals surface area contributed by atoms with Gasteiger partial charge >= 0.3 is 6.18 Å². The van der Waals surface area contributed by atoms with Crippen molar-refractivity contribution in [1.29, 1.82) is 0 Å². The number of carbonyl (C=O) groups is 1. The Hall–Kier alpha value is -1.36. The van der Waals surface area contributed by atoms with Crippen molar-refractivity contribution in [2.24, 2.45) is 0 Å². The van der Waals surface area contributed by atoms with Crippen molar-refractivity contribution in [3.05, 3.63) is 33.0 Å². The third kappa shape index (κ3) is 4.38. The molecule has 130 valence electrons. The number of carbonyl (C=O) groups excluding carboxylic acids is 1. The van der Waals surface area contributed by atoms with Crippen LogP contribution in [-0.2, 0) is 11.0 Å². The highest BCUT2D eigenvalue weighted by molar-refractivity contribution is 7.99. The van der Waals surface area contributed by atoms with Crippen LogP contribution in [0.4, 0.5) is 18.9 Å². The Morgan fingerprint density at radius 1 is 1.21 bits per heavy atom. The molecule has 0 spiro atoms. The predicted octanol–water partition coefficient (Wildman–Crippen LogP) is 3.70. The number of anilines is 1. The number of nitrogens with zero attached hydrogens (tertiary/aromatic N) is 3. The van der Waals surface area contributed by atoms with E-state index in [1.165, 1.54) is 12.1 Å². The molecule has 2 aromatic rings. The maximum absolute atomic E-state index is 12.5. The van der Waals surface area contributed by atoms with E-state index in [0.29, 0.717) is 11.8 Å². The monoisotopic (exact) mass is 419 g/mol. The molecule has 0 fully saturated rings. The zero-order valence-corrected chi connectivity index (χ0v) is 14.4. The van der Waals surface area contributed by atoms with Crippen molar-refractivity contribution < 1.29 is 18.0 Å². The second kappa shape index (κ2) is 7.26. The fourth-order valence-electron chi connectivity index (χ4n) is 1.50. The molecule has 0 radical (unpaired) electrons. The third-order valence-electron chi connectivity index (χ3n) is 2.53. The lowest BCUT2D eigenvalue weighted by molar-refractivity contribution is -0.146. The number of thioether (sulfide) groups is 1. The molecule has 0 aliphatic rings. The van der Waals surface area contributed by atoms with Gasteiger partial charge in [-0.05, 0) is 12.1 Å². The van der Waals surface area contributed by atoms with Gasteiger partial charge in [-0.3, -0.25) is 4.79 Å². The minimum absolute atomic E-state index is 0.157. The molecule has 0 aliphatic heterocycles. The molecule has 1 aromatic carbocycles. The first-order chi connectivity index (χ1) is 11.1. The molecular weight excluding hydrogens is 414 g/mol. The van der Waals surface area contributed by atoms with E-state index in [1.54, 1.807) is 0 Å². The standard InChI is InChI=1S/C11H7Cl3F3N5OS/c12-4-1-6(14)7(2-5(4)13)19-8(23)3-24-10-21-20-9(22(10)18)11(15,16)17/h1-2H,3,18H2,(H,19,23).